The van der Waals surface area contributed by atoms with Gasteiger partial charge in [-0.1, -0.05) is 0 Å². The Balaban J connectivity index is 1.71. The number of nitrogens with one attached hydrogen (secondary N) is 1. The van der Waals surface area contributed by atoms with Gasteiger partial charge in [0.1, 0.15) is 5.82 Å². The lowest BCUT2D eigenvalue weighted by atomic mass is 10.1. The van der Waals surface area contributed by atoms with Crippen LogP contribution >= 0.6 is 11.8 Å². The van der Waals surface area contributed by atoms with Gasteiger partial charge in [0.25, 0.3) is 0 Å². The minimum atomic E-state index is 0.307. The Morgan fingerprint density at radius 3 is 3.00 bits per heavy atom. The fourth-order valence-electron chi connectivity index (χ4n) is 2.73. The lowest BCUT2D eigenvalue weighted by Crippen LogP contribution is -2.26. The van der Waals surface area contributed by atoms with Gasteiger partial charge in [-0.25, -0.2) is 4.98 Å². The third kappa shape index (κ3) is 2.16. The van der Waals surface area contributed by atoms with Crippen molar-refractivity contribution in [1.29, 1.82) is 0 Å². The van der Waals surface area contributed by atoms with Crippen LogP contribution in [0.25, 0.3) is 10.8 Å². The van der Waals surface area contributed by atoms with E-state index in [1.54, 1.807) is 0 Å². The molecule has 1 aromatic carbocycles. The average molecular weight is 288 g/mol. The van der Waals surface area contributed by atoms with Crippen molar-refractivity contribution in [2.45, 2.75) is 18.9 Å². The molecule has 20 heavy (non-hydrogen) atoms. The molecule has 0 spiro atoms. The van der Waals surface area contributed by atoms with Gasteiger partial charge in [0.05, 0.1) is 0 Å². The normalized spacial score (nSPS) is 21.1. The minimum Gasteiger partial charge on any atom is -0.454 e. The number of fused-ring (bicyclic) bond motifs is 2. The van der Waals surface area contributed by atoms with Gasteiger partial charge < -0.3 is 14.8 Å². The molecular formula is C15H16N2O2S. The van der Waals surface area contributed by atoms with Gasteiger partial charge in [0, 0.05) is 23.4 Å². The van der Waals surface area contributed by atoms with E-state index in [-0.39, 0.29) is 0 Å². The van der Waals surface area contributed by atoms with Crippen molar-refractivity contribution in [1.82, 2.24) is 4.98 Å². The molecule has 4 nitrogen and oxygen atoms in total. The van der Waals surface area contributed by atoms with E-state index < -0.39 is 0 Å². The van der Waals surface area contributed by atoms with Crippen LogP contribution in [0.1, 0.15) is 12.8 Å². The lowest BCUT2D eigenvalue weighted by molar-refractivity contribution is 0.174. The zero-order valence-electron chi connectivity index (χ0n) is 11.1. The Labute approximate surface area is 121 Å². The highest BCUT2D eigenvalue weighted by atomic mass is 32.2. The minimum absolute atomic E-state index is 0.307. The number of hydrogen-bond donors (Lipinski definition) is 1. The van der Waals surface area contributed by atoms with Gasteiger partial charge in [0.15, 0.2) is 11.5 Å². The molecule has 0 amide bonds. The van der Waals surface area contributed by atoms with Crippen LogP contribution in [0.5, 0.6) is 11.5 Å². The van der Waals surface area contributed by atoms with Gasteiger partial charge in [-0.15, -0.1) is 0 Å². The molecule has 5 heteroatoms. The van der Waals surface area contributed by atoms with Gasteiger partial charge in [-0.2, -0.15) is 11.8 Å². The molecule has 1 saturated heterocycles. The van der Waals surface area contributed by atoms with E-state index in [1.165, 1.54) is 18.6 Å². The predicted octanol–water partition coefficient (Wildman–Crippen LogP) is 3.27. The molecule has 2 aliphatic rings. The first kappa shape index (κ1) is 12.1. The van der Waals surface area contributed by atoms with E-state index in [0.29, 0.717) is 12.8 Å². The fraction of sp³-hybridized carbons (Fsp3) is 0.400. The maximum atomic E-state index is 5.47. The first-order chi connectivity index (χ1) is 9.90. The zero-order valence-corrected chi connectivity index (χ0v) is 11.9. The molecule has 1 aromatic heterocycles. The number of aromatic nitrogens is 1. The van der Waals surface area contributed by atoms with Crippen molar-refractivity contribution in [3.05, 3.63) is 24.4 Å². The highest BCUT2D eigenvalue weighted by Gasteiger charge is 2.18. The second-order valence-corrected chi connectivity index (χ2v) is 6.29. The second kappa shape index (κ2) is 5.05. The SMILES string of the molecule is c1cc2cc3c(cc2c(NC2CCCSC2)n1)OCO3. The van der Waals surface area contributed by atoms with Gasteiger partial charge in [0.2, 0.25) is 6.79 Å². The van der Waals surface area contributed by atoms with Crippen LogP contribution in [0.2, 0.25) is 0 Å². The topological polar surface area (TPSA) is 43.4 Å². The van der Waals surface area contributed by atoms with Crippen LogP contribution in [0.15, 0.2) is 24.4 Å². The molecule has 1 unspecified atom stereocenters. The molecule has 1 fully saturated rings. The highest BCUT2D eigenvalue weighted by molar-refractivity contribution is 7.99. The summed E-state index contributed by atoms with van der Waals surface area (Å²) in [4.78, 5) is 4.51. The number of benzene rings is 1. The van der Waals surface area contributed by atoms with E-state index in [4.69, 9.17) is 9.47 Å². The summed E-state index contributed by atoms with van der Waals surface area (Å²) in [6, 6.07) is 6.58. The Bertz CT molecular complexity index is 641. The highest BCUT2D eigenvalue weighted by Crippen LogP contribution is 2.38. The van der Waals surface area contributed by atoms with E-state index in [0.717, 1.165) is 33.8 Å². The standard InChI is InChI=1S/C15H16N2O2S/c1-2-11(8-20-5-1)17-15-12-7-14-13(18-9-19-14)6-10(12)3-4-16-15/h3-4,6-7,11H,1-2,5,8-9H2,(H,16,17). The molecule has 0 radical (unpaired) electrons. The first-order valence-electron chi connectivity index (χ1n) is 6.93. The predicted molar refractivity (Wildman–Crippen MR) is 81.8 cm³/mol. The monoisotopic (exact) mass is 288 g/mol. The fourth-order valence-corrected chi connectivity index (χ4v) is 3.80. The summed E-state index contributed by atoms with van der Waals surface area (Å²) >= 11 is 2.01. The summed E-state index contributed by atoms with van der Waals surface area (Å²) in [6.07, 6.45) is 4.35. The van der Waals surface area contributed by atoms with E-state index >= 15 is 0 Å². The lowest BCUT2D eigenvalue weighted by Gasteiger charge is -2.23. The number of rotatable bonds is 2. The summed E-state index contributed by atoms with van der Waals surface area (Å²) in [5, 5.41) is 5.83. The maximum absolute atomic E-state index is 5.47. The smallest absolute Gasteiger partial charge is 0.231 e. The average Bonchev–Trinajstić information content (AvgIpc) is 2.94. The molecule has 1 atom stereocenters. The molecule has 4 rings (SSSR count). The summed E-state index contributed by atoms with van der Waals surface area (Å²) in [7, 11) is 0. The Morgan fingerprint density at radius 2 is 2.15 bits per heavy atom. The van der Waals surface area contributed by atoms with E-state index in [1.807, 2.05) is 36.2 Å². The maximum Gasteiger partial charge on any atom is 0.231 e. The molecule has 0 bridgehead atoms. The van der Waals surface area contributed by atoms with Crippen LogP contribution in [-0.2, 0) is 0 Å². The number of nitrogens with zero attached hydrogens (tertiary/aromatic N) is 1. The Hall–Kier alpha value is -1.62. The van der Waals surface area contributed by atoms with Gasteiger partial charge in [-0.05, 0) is 42.2 Å². The molecule has 2 aliphatic heterocycles. The Morgan fingerprint density at radius 1 is 1.25 bits per heavy atom. The molecule has 1 N–H and O–H groups in total. The van der Waals surface area contributed by atoms with Crippen molar-refractivity contribution < 1.29 is 9.47 Å². The summed E-state index contributed by atoms with van der Waals surface area (Å²) < 4.78 is 10.9. The first-order valence-corrected chi connectivity index (χ1v) is 8.08. The molecule has 0 aliphatic carbocycles. The summed E-state index contributed by atoms with van der Waals surface area (Å²) in [6.45, 7) is 0.307. The van der Waals surface area contributed by atoms with Crippen LogP contribution in [0, 0.1) is 0 Å². The van der Waals surface area contributed by atoms with Gasteiger partial charge in [-0.3, -0.25) is 0 Å². The molecule has 2 aromatic rings. The number of thioether (sulfide) groups is 1. The summed E-state index contributed by atoms with van der Waals surface area (Å²) in [5.74, 6) is 5.02. The number of hydrogen-bond acceptors (Lipinski definition) is 5. The molecule has 3 heterocycles. The van der Waals surface area contributed by atoms with Crippen molar-refractivity contribution in [2.75, 3.05) is 23.6 Å². The third-order valence-corrected chi connectivity index (χ3v) is 4.97. The largest absolute Gasteiger partial charge is 0.454 e. The van der Waals surface area contributed by atoms with Crippen LogP contribution in [-0.4, -0.2) is 29.3 Å². The van der Waals surface area contributed by atoms with E-state index in [9.17, 15) is 0 Å². The number of anilines is 1. The third-order valence-electron chi connectivity index (χ3n) is 3.76. The van der Waals surface area contributed by atoms with Crippen molar-refractivity contribution in [3.63, 3.8) is 0 Å². The second-order valence-electron chi connectivity index (χ2n) is 5.14. The van der Waals surface area contributed by atoms with Gasteiger partial charge >= 0.3 is 0 Å². The van der Waals surface area contributed by atoms with Crippen LogP contribution in [0.3, 0.4) is 0 Å². The molecular weight excluding hydrogens is 272 g/mol. The Kier molecular flexibility index (Phi) is 3.07. The quantitative estimate of drug-likeness (QED) is 0.918. The van der Waals surface area contributed by atoms with Crippen molar-refractivity contribution >= 4 is 28.4 Å². The van der Waals surface area contributed by atoms with E-state index in [2.05, 4.69) is 10.3 Å². The zero-order chi connectivity index (χ0) is 13.4. The summed E-state index contributed by atoms with van der Waals surface area (Å²) in [5.41, 5.74) is 0. The van der Waals surface area contributed by atoms with Crippen LogP contribution in [0.4, 0.5) is 5.82 Å². The van der Waals surface area contributed by atoms with Crippen LogP contribution < -0.4 is 14.8 Å². The number of ether oxygens (including phenoxy) is 2. The molecule has 104 valence electrons. The van der Waals surface area contributed by atoms with Crippen molar-refractivity contribution in [3.8, 4) is 11.5 Å². The number of pyridine rings is 1. The molecule has 0 saturated carbocycles. The van der Waals surface area contributed by atoms with Crippen molar-refractivity contribution in [2.24, 2.45) is 0 Å².